The van der Waals surface area contributed by atoms with E-state index in [1.807, 2.05) is 57.4 Å². The molecule has 11 N–H and O–H groups in total. The monoisotopic (exact) mass is 706 g/mol. The lowest BCUT2D eigenvalue weighted by Crippen LogP contribution is -2.58. The summed E-state index contributed by atoms with van der Waals surface area (Å²) in [5.41, 5.74) is 17.9. The van der Waals surface area contributed by atoms with Gasteiger partial charge in [-0.1, -0.05) is 70.9 Å². The van der Waals surface area contributed by atoms with E-state index in [1.54, 1.807) is 6.92 Å². The van der Waals surface area contributed by atoms with Crippen molar-refractivity contribution in [3.63, 3.8) is 0 Å². The highest BCUT2D eigenvalue weighted by atomic mass is 32.2. The topological polar surface area (TPSA) is 241 Å². The van der Waals surface area contributed by atoms with Crippen LogP contribution in [0.3, 0.4) is 0 Å². The molecule has 14 nitrogen and oxygen atoms in total. The van der Waals surface area contributed by atoms with Crippen LogP contribution in [0.15, 0.2) is 30.3 Å². The Morgan fingerprint density at radius 2 is 1.43 bits per heavy atom. The highest BCUT2D eigenvalue weighted by molar-refractivity contribution is 7.98. The fraction of sp³-hybridized carbons (Fsp3) is 0.647. The molecule has 0 radical (unpaired) electrons. The third-order valence-corrected chi connectivity index (χ3v) is 8.71. The second-order valence-electron chi connectivity index (χ2n) is 12.7. The van der Waals surface area contributed by atoms with Crippen LogP contribution in [-0.4, -0.2) is 90.8 Å². The third kappa shape index (κ3) is 17.0. The number of rotatable bonds is 24. The van der Waals surface area contributed by atoms with Crippen molar-refractivity contribution in [2.24, 2.45) is 29.0 Å². The summed E-state index contributed by atoms with van der Waals surface area (Å²) in [6, 6.07) is 4.42. The zero-order valence-electron chi connectivity index (χ0n) is 29.6. The minimum absolute atomic E-state index is 0.0266. The standard InChI is InChI=1S/C34H58N8O6S/c1-6-22(4)29(42-33(47)27(19-23-12-8-7-9-13-23)41-31(45)24(36)14-10-11-16-35)34(48)38-20-28(43)39-26(18-21(2)3)32(46)40-25(30(37)44)15-17-49-5/h7-9,12-13,21-22,24-27,29H,6,10-11,14-20,35-36H2,1-5H3,(H2,37,44)(H,38,48)(H,39,43)(H,40,46)(H,41,45)(H,42,47)/t22?,24-,25-,26-,27-,29-/m0/s1. The van der Waals surface area contributed by atoms with Crippen molar-refractivity contribution in [3.8, 4) is 0 Å². The second-order valence-corrected chi connectivity index (χ2v) is 13.7. The van der Waals surface area contributed by atoms with Gasteiger partial charge in [0.05, 0.1) is 12.6 Å². The largest absolute Gasteiger partial charge is 0.368 e. The molecule has 0 saturated heterocycles. The molecule has 1 aromatic carbocycles. The van der Waals surface area contributed by atoms with Gasteiger partial charge < -0.3 is 43.8 Å². The van der Waals surface area contributed by atoms with Crippen molar-refractivity contribution in [3.05, 3.63) is 35.9 Å². The van der Waals surface area contributed by atoms with Gasteiger partial charge >= 0.3 is 0 Å². The smallest absolute Gasteiger partial charge is 0.243 e. The Morgan fingerprint density at radius 3 is 2.00 bits per heavy atom. The summed E-state index contributed by atoms with van der Waals surface area (Å²) in [6.07, 6.45) is 5.00. The van der Waals surface area contributed by atoms with E-state index in [4.69, 9.17) is 17.2 Å². The summed E-state index contributed by atoms with van der Waals surface area (Å²) < 4.78 is 0. The highest BCUT2D eigenvalue weighted by Crippen LogP contribution is 2.11. The maximum absolute atomic E-state index is 13.6. The molecule has 0 heterocycles. The molecule has 1 unspecified atom stereocenters. The predicted octanol–water partition coefficient (Wildman–Crippen LogP) is 0.0714. The van der Waals surface area contributed by atoms with E-state index in [1.165, 1.54) is 11.8 Å². The first-order chi connectivity index (χ1) is 23.2. The summed E-state index contributed by atoms with van der Waals surface area (Å²) in [7, 11) is 0. The van der Waals surface area contributed by atoms with Gasteiger partial charge in [0.15, 0.2) is 0 Å². The van der Waals surface area contributed by atoms with E-state index in [0.717, 1.165) is 12.0 Å². The zero-order valence-corrected chi connectivity index (χ0v) is 30.4. The van der Waals surface area contributed by atoms with E-state index in [9.17, 15) is 28.8 Å². The summed E-state index contributed by atoms with van der Waals surface area (Å²) in [5, 5.41) is 13.4. The lowest BCUT2D eigenvalue weighted by molar-refractivity contribution is -0.134. The van der Waals surface area contributed by atoms with Gasteiger partial charge in [0.1, 0.15) is 24.2 Å². The Bertz CT molecular complexity index is 1200. The van der Waals surface area contributed by atoms with Crippen LogP contribution in [-0.2, 0) is 35.2 Å². The van der Waals surface area contributed by atoms with E-state index in [0.29, 0.717) is 38.0 Å². The van der Waals surface area contributed by atoms with Crippen molar-refractivity contribution in [1.82, 2.24) is 26.6 Å². The molecule has 0 bridgehead atoms. The quantitative estimate of drug-likeness (QED) is 0.0678. The number of amides is 6. The molecule has 276 valence electrons. The number of nitrogens with two attached hydrogens (primary N) is 3. The molecule has 0 aliphatic heterocycles. The zero-order chi connectivity index (χ0) is 36.9. The van der Waals surface area contributed by atoms with Gasteiger partial charge in [0, 0.05) is 6.42 Å². The van der Waals surface area contributed by atoms with E-state index >= 15 is 0 Å². The normalized spacial score (nSPS) is 14.8. The van der Waals surface area contributed by atoms with Crippen LogP contribution in [0, 0.1) is 11.8 Å². The minimum atomic E-state index is -1.03. The van der Waals surface area contributed by atoms with E-state index in [2.05, 4.69) is 26.6 Å². The lowest BCUT2D eigenvalue weighted by atomic mass is 9.97. The average Bonchev–Trinajstić information content (AvgIpc) is 3.06. The van der Waals surface area contributed by atoms with Crippen LogP contribution in [0.25, 0.3) is 0 Å². The van der Waals surface area contributed by atoms with Gasteiger partial charge in [-0.05, 0) is 61.6 Å². The van der Waals surface area contributed by atoms with Gasteiger partial charge in [-0.25, -0.2) is 0 Å². The number of primary amides is 1. The number of benzene rings is 1. The molecule has 0 aromatic heterocycles. The molecule has 6 amide bonds. The van der Waals surface area contributed by atoms with Gasteiger partial charge in [0.2, 0.25) is 35.4 Å². The molecule has 0 aliphatic carbocycles. The van der Waals surface area contributed by atoms with Crippen LogP contribution in [0.2, 0.25) is 0 Å². The maximum atomic E-state index is 13.6. The van der Waals surface area contributed by atoms with Crippen molar-refractivity contribution in [1.29, 1.82) is 0 Å². The Hall–Kier alpha value is -3.69. The fourth-order valence-corrected chi connectivity index (χ4v) is 5.42. The Morgan fingerprint density at radius 1 is 0.796 bits per heavy atom. The Balaban J connectivity index is 3.02. The molecule has 6 atom stereocenters. The van der Waals surface area contributed by atoms with E-state index in [-0.39, 0.29) is 24.7 Å². The number of hydrogen-bond acceptors (Lipinski definition) is 9. The second kappa shape index (κ2) is 23.6. The van der Waals surface area contributed by atoms with Gasteiger partial charge in [0.25, 0.3) is 0 Å². The number of nitrogens with one attached hydrogen (secondary N) is 5. The molecule has 0 saturated carbocycles. The number of hydrogen-bond donors (Lipinski definition) is 8. The van der Waals surface area contributed by atoms with Crippen LogP contribution in [0.4, 0.5) is 0 Å². The molecule has 0 aliphatic rings. The Labute approximate surface area is 295 Å². The molecule has 1 aromatic rings. The van der Waals surface area contributed by atoms with Gasteiger partial charge in [-0.2, -0.15) is 11.8 Å². The first-order valence-electron chi connectivity index (χ1n) is 17.0. The molecular formula is C34H58N8O6S. The molecule has 15 heteroatoms. The third-order valence-electron chi connectivity index (χ3n) is 8.07. The molecule has 1 rings (SSSR count). The summed E-state index contributed by atoms with van der Waals surface area (Å²) >= 11 is 1.51. The summed E-state index contributed by atoms with van der Waals surface area (Å²) in [6.45, 7) is 7.44. The van der Waals surface area contributed by atoms with Crippen molar-refractivity contribution < 1.29 is 28.8 Å². The first kappa shape index (κ1) is 43.3. The SMILES string of the molecule is CCC(C)[C@H](NC(=O)[C@H](Cc1ccccc1)NC(=O)[C@@H](N)CCCCN)C(=O)NCC(=O)N[C@@H](CC(C)C)C(=O)N[C@@H](CCSC)C(N)=O. The average molecular weight is 707 g/mol. The van der Waals surface area contributed by atoms with Crippen molar-refractivity contribution in [2.45, 2.75) is 103 Å². The molecule has 0 fully saturated rings. The fourth-order valence-electron chi connectivity index (χ4n) is 4.95. The van der Waals surface area contributed by atoms with Crippen LogP contribution in [0.1, 0.15) is 71.8 Å². The summed E-state index contributed by atoms with van der Waals surface area (Å²) in [5.74, 6) is -3.19. The molecule has 0 spiro atoms. The number of unbranched alkanes of at least 4 members (excludes halogenated alkanes) is 1. The van der Waals surface area contributed by atoms with Crippen molar-refractivity contribution in [2.75, 3.05) is 25.1 Å². The van der Waals surface area contributed by atoms with Gasteiger partial charge in [-0.3, -0.25) is 28.8 Å². The Kier molecular flexibility index (Phi) is 20.9. The minimum Gasteiger partial charge on any atom is -0.368 e. The van der Waals surface area contributed by atoms with Gasteiger partial charge in [-0.15, -0.1) is 0 Å². The van der Waals surface area contributed by atoms with Crippen LogP contribution >= 0.6 is 11.8 Å². The van der Waals surface area contributed by atoms with Crippen LogP contribution < -0.4 is 43.8 Å². The lowest BCUT2D eigenvalue weighted by Gasteiger charge is -2.27. The van der Waals surface area contributed by atoms with Crippen molar-refractivity contribution >= 4 is 47.2 Å². The van der Waals surface area contributed by atoms with Crippen LogP contribution in [0.5, 0.6) is 0 Å². The summed E-state index contributed by atoms with van der Waals surface area (Å²) in [4.78, 5) is 77.9. The maximum Gasteiger partial charge on any atom is 0.243 e. The highest BCUT2D eigenvalue weighted by Gasteiger charge is 2.32. The molecular weight excluding hydrogens is 648 g/mol. The molecule has 49 heavy (non-hydrogen) atoms. The predicted molar refractivity (Wildman–Crippen MR) is 193 cm³/mol. The number of carbonyl (C=O) groups is 6. The first-order valence-corrected chi connectivity index (χ1v) is 18.4. The number of thioether (sulfide) groups is 1. The van der Waals surface area contributed by atoms with E-state index < -0.39 is 72.2 Å². The number of carbonyl (C=O) groups excluding carboxylic acids is 6.